The van der Waals surface area contributed by atoms with Crippen LogP contribution in [0.2, 0.25) is 0 Å². The highest BCUT2D eigenvalue weighted by atomic mass is 79.9. The summed E-state index contributed by atoms with van der Waals surface area (Å²) in [6.45, 7) is 5.90. The molecule has 2 atom stereocenters. The summed E-state index contributed by atoms with van der Waals surface area (Å²) in [5.41, 5.74) is 1.27. The number of hydrogen-bond donors (Lipinski definition) is 2. The van der Waals surface area contributed by atoms with Crippen LogP contribution >= 0.6 is 15.9 Å². The maximum Gasteiger partial charge on any atom is 0.0791 e. The Balaban J connectivity index is 1.80. The Bertz CT molecular complexity index is 407. The highest BCUT2D eigenvalue weighted by molar-refractivity contribution is 9.10. The van der Waals surface area contributed by atoms with Gasteiger partial charge in [0.05, 0.1) is 6.10 Å². The third-order valence-corrected chi connectivity index (χ3v) is 4.42. The van der Waals surface area contributed by atoms with Crippen LogP contribution in [0.15, 0.2) is 28.7 Å². The molecule has 2 unspecified atom stereocenters. The minimum absolute atomic E-state index is 0.283. The number of halogens is 1. The van der Waals surface area contributed by atoms with E-state index in [1.54, 1.807) is 0 Å². The van der Waals surface area contributed by atoms with Gasteiger partial charge in [0.1, 0.15) is 0 Å². The quantitative estimate of drug-likeness (QED) is 0.800. The van der Waals surface area contributed by atoms with E-state index in [-0.39, 0.29) is 6.10 Å². The lowest BCUT2D eigenvalue weighted by Gasteiger charge is -2.23. The fourth-order valence-corrected chi connectivity index (χ4v) is 3.24. The molecule has 0 spiro atoms. The maximum absolute atomic E-state index is 10.1. The molecule has 20 heavy (non-hydrogen) atoms. The van der Waals surface area contributed by atoms with Crippen molar-refractivity contribution < 1.29 is 5.11 Å². The number of aliphatic hydroxyl groups is 1. The van der Waals surface area contributed by atoms with Crippen LogP contribution in [-0.2, 0) is 0 Å². The molecule has 1 saturated heterocycles. The van der Waals surface area contributed by atoms with Crippen molar-refractivity contribution in [3.05, 3.63) is 34.3 Å². The zero-order valence-corrected chi connectivity index (χ0v) is 13.8. The van der Waals surface area contributed by atoms with Gasteiger partial charge in [-0.1, -0.05) is 35.0 Å². The molecule has 0 aliphatic carbocycles. The van der Waals surface area contributed by atoms with Gasteiger partial charge in [-0.05, 0) is 50.0 Å². The molecule has 2 N–H and O–H groups in total. The van der Waals surface area contributed by atoms with E-state index in [1.165, 1.54) is 18.4 Å². The highest BCUT2D eigenvalue weighted by Gasteiger charge is 2.17. The first-order chi connectivity index (χ1) is 9.69. The van der Waals surface area contributed by atoms with E-state index in [4.69, 9.17) is 0 Å². The number of hydrogen-bond acceptors (Lipinski definition) is 3. The van der Waals surface area contributed by atoms with Gasteiger partial charge >= 0.3 is 0 Å². The van der Waals surface area contributed by atoms with Gasteiger partial charge in [0.25, 0.3) is 0 Å². The predicted molar refractivity (Wildman–Crippen MR) is 86.9 cm³/mol. The summed E-state index contributed by atoms with van der Waals surface area (Å²) in [5, 5.41) is 13.6. The second-order valence-electron chi connectivity index (χ2n) is 5.59. The van der Waals surface area contributed by atoms with Crippen LogP contribution in [0.5, 0.6) is 0 Å². The monoisotopic (exact) mass is 340 g/mol. The summed E-state index contributed by atoms with van der Waals surface area (Å²) < 4.78 is 1.10. The van der Waals surface area contributed by atoms with Gasteiger partial charge in [-0.3, -0.25) is 0 Å². The average Bonchev–Trinajstić information content (AvgIpc) is 2.92. The third-order valence-electron chi connectivity index (χ3n) is 3.93. The van der Waals surface area contributed by atoms with E-state index in [0.29, 0.717) is 12.6 Å². The van der Waals surface area contributed by atoms with Crippen molar-refractivity contribution in [2.75, 3.05) is 26.2 Å². The van der Waals surface area contributed by atoms with Crippen LogP contribution in [0.1, 0.15) is 37.8 Å². The van der Waals surface area contributed by atoms with Gasteiger partial charge in [0.15, 0.2) is 0 Å². The molecular weight excluding hydrogens is 316 g/mol. The van der Waals surface area contributed by atoms with Crippen LogP contribution in [0.4, 0.5) is 0 Å². The number of benzene rings is 1. The summed E-state index contributed by atoms with van der Waals surface area (Å²) in [6, 6.07) is 8.69. The summed E-state index contributed by atoms with van der Waals surface area (Å²) in [7, 11) is 0. The molecular formula is C16H25BrN2O. The average molecular weight is 341 g/mol. The molecule has 2 rings (SSSR count). The summed E-state index contributed by atoms with van der Waals surface area (Å²) in [6.07, 6.45) is 3.28. The molecule has 1 aliphatic rings. The van der Waals surface area contributed by atoms with Gasteiger partial charge in [-0.15, -0.1) is 0 Å². The second-order valence-corrected chi connectivity index (χ2v) is 6.50. The van der Waals surface area contributed by atoms with E-state index >= 15 is 0 Å². The van der Waals surface area contributed by atoms with Gasteiger partial charge < -0.3 is 15.3 Å². The number of aliphatic hydroxyl groups excluding tert-OH is 1. The van der Waals surface area contributed by atoms with Crippen molar-refractivity contribution in [3.8, 4) is 0 Å². The SMILES string of the molecule is CCC(NCC(O)CN1CCCC1)c1cccc(Br)c1. The van der Waals surface area contributed by atoms with Crippen molar-refractivity contribution in [1.29, 1.82) is 0 Å². The van der Waals surface area contributed by atoms with E-state index < -0.39 is 0 Å². The minimum Gasteiger partial charge on any atom is -0.390 e. The Morgan fingerprint density at radius 3 is 2.75 bits per heavy atom. The molecule has 112 valence electrons. The second kappa shape index (κ2) is 8.13. The van der Waals surface area contributed by atoms with Gasteiger partial charge in [0, 0.05) is 23.6 Å². The lowest BCUT2D eigenvalue weighted by atomic mass is 10.0. The van der Waals surface area contributed by atoms with E-state index in [2.05, 4.69) is 51.3 Å². The van der Waals surface area contributed by atoms with E-state index in [0.717, 1.165) is 30.5 Å². The van der Waals surface area contributed by atoms with Crippen LogP contribution in [0.25, 0.3) is 0 Å². The first-order valence-electron chi connectivity index (χ1n) is 7.58. The Morgan fingerprint density at radius 1 is 1.35 bits per heavy atom. The zero-order chi connectivity index (χ0) is 14.4. The molecule has 1 aliphatic heterocycles. The van der Waals surface area contributed by atoms with Crippen molar-refractivity contribution in [3.63, 3.8) is 0 Å². The minimum atomic E-state index is -0.283. The summed E-state index contributed by atoms with van der Waals surface area (Å²) in [4.78, 5) is 2.35. The molecule has 0 aromatic heterocycles. The molecule has 0 bridgehead atoms. The van der Waals surface area contributed by atoms with Crippen molar-refractivity contribution in [2.24, 2.45) is 0 Å². The Labute approximate surface area is 130 Å². The lowest BCUT2D eigenvalue weighted by molar-refractivity contribution is 0.120. The molecule has 0 radical (unpaired) electrons. The molecule has 0 amide bonds. The van der Waals surface area contributed by atoms with Gasteiger partial charge in [-0.2, -0.15) is 0 Å². The normalized spacial score (nSPS) is 19.1. The molecule has 3 nitrogen and oxygen atoms in total. The Morgan fingerprint density at radius 2 is 2.10 bits per heavy atom. The number of nitrogens with zero attached hydrogens (tertiary/aromatic N) is 1. The fraction of sp³-hybridized carbons (Fsp3) is 0.625. The first kappa shape index (κ1) is 16.0. The summed E-state index contributed by atoms with van der Waals surface area (Å²) in [5.74, 6) is 0. The molecule has 1 heterocycles. The fourth-order valence-electron chi connectivity index (χ4n) is 2.83. The largest absolute Gasteiger partial charge is 0.390 e. The van der Waals surface area contributed by atoms with Crippen LogP contribution in [0.3, 0.4) is 0 Å². The molecule has 1 aromatic carbocycles. The molecule has 0 saturated carbocycles. The topological polar surface area (TPSA) is 35.5 Å². The van der Waals surface area contributed by atoms with Crippen LogP contribution in [0, 0.1) is 0 Å². The lowest BCUT2D eigenvalue weighted by Crippen LogP contribution is -2.38. The smallest absolute Gasteiger partial charge is 0.0791 e. The van der Waals surface area contributed by atoms with E-state index in [1.807, 2.05) is 6.07 Å². The molecule has 1 aromatic rings. The Hall–Kier alpha value is -0.420. The van der Waals surface area contributed by atoms with Crippen molar-refractivity contribution in [1.82, 2.24) is 10.2 Å². The predicted octanol–water partition coefficient (Wildman–Crippen LogP) is 2.95. The molecule has 1 fully saturated rings. The first-order valence-corrected chi connectivity index (χ1v) is 8.37. The number of β-amino-alcohol motifs (C(OH)–C–C–N with tert-alkyl or cyclic N) is 1. The highest BCUT2D eigenvalue weighted by Crippen LogP contribution is 2.20. The van der Waals surface area contributed by atoms with Crippen molar-refractivity contribution in [2.45, 2.75) is 38.3 Å². The van der Waals surface area contributed by atoms with Crippen molar-refractivity contribution >= 4 is 15.9 Å². The maximum atomic E-state index is 10.1. The molecule has 4 heteroatoms. The standard InChI is InChI=1S/C16H25BrN2O/c1-2-16(13-6-5-7-14(17)10-13)18-11-15(20)12-19-8-3-4-9-19/h5-7,10,15-16,18,20H,2-4,8-9,11-12H2,1H3. The number of rotatable bonds is 7. The Kier molecular flexibility index (Phi) is 6.49. The number of nitrogens with one attached hydrogen (secondary N) is 1. The zero-order valence-electron chi connectivity index (χ0n) is 12.2. The van der Waals surface area contributed by atoms with Gasteiger partial charge in [-0.25, -0.2) is 0 Å². The van der Waals surface area contributed by atoms with Gasteiger partial charge in [0.2, 0.25) is 0 Å². The van der Waals surface area contributed by atoms with Crippen LogP contribution in [-0.4, -0.2) is 42.3 Å². The summed E-state index contributed by atoms with van der Waals surface area (Å²) >= 11 is 3.51. The number of likely N-dealkylation sites (tertiary alicyclic amines) is 1. The third kappa shape index (κ3) is 4.85. The van der Waals surface area contributed by atoms with E-state index in [9.17, 15) is 5.11 Å². The van der Waals surface area contributed by atoms with Crippen LogP contribution < -0.4 is 5.32 Å².